The third kappa shape index (κ3) is 2.79. The summed E-state index contributed by atoms with van der Waals surface area (Å²) in [6.07, 6.45) is 3.05. The third-order valence-corrected chi connectivity index (χ3v) is 4.80. The summed E-state index contributed by atoms with van der Waals surface area (Å²) in [6.45, 7) is 2.64. The minimum Gasteiger partial charge on any atom is -0.327 e. The van der Waals surface area contributed by atoms with Gasteiger partial charge in [0.25, 0.3) is 0 Å². The van der Waals surface area contributed by atoms with E-state index in [4.69, 9.17) is 5.73 Å². The second kappa shape index (κ2) is 5.34. The number of hydrogen-bond donors (Lipinski definition) is 2. The summed E-state index contributed by atoms with van der Waals surface area (Å²) in [4.78, 5) is 0.251. The minimum atomic E-state index is -3.42. The molecule has 1 aliphatic heterocycles. The molecule has 0 amide bonds. The maximum atomic E-state index is 12.2. The summed E-state index contributed by atoms with van der Waals surface area (Å²) in [7, 11) is -3.42. The highest BCUT2D eigenvalue weighted by molar-refractivity contribution is 7.89. The van der Waals surface area contributed by atoms with E-state index in [0.717, 1.165) is 12.8 Å². The number of nitrogens with two attached hydrogens (primary N) is 1. The highest BCUT2D eigenvalue weighted by Gasteiger charge is 2.30. The standard InChI is InChI=1S/C9H16N4O2S.ClH/c1-7-9(5-11-12-7)16(14,15)13-4-2-3-8(10)6-13;/h5,8H,2-4,6,10H2,1H3,(H,11,12);1H/t8-;/m1./s1. The van der Waals surface area contributed by atoms with Crippen LogP contribution in [0.5, 0.6) is 0 Å². The smallest absolute Gasteiger partial charge is 0.246 e. The van der Waals surface area contributed by atoms with Gasteiger partial charge in [-0.2, -0.15) is 9.40 Å². The van der Waals surface area contributed by atoms with E-state index in [-0.39, 0.29) is 23.3 Å². The first-order valence-corrected chi connectivity index (χ1v) is 6.71. The zero-order valence-electron chi connectivity index (χ0n) is 9.59. The van der Waals surface area contributed by atoms with Gasteiger partial charge in [-0.05, 0) is 19.8 Å². The van der Waals surface area contributed by atoms with Gasteiger partial charge >= 0.3 is 0 Å². The van der Waals surface area contributed by atoms with Gasteiger partial charge in [0.05, 0.1) is 11.9 Å². The highest BCUT2D eigenvalue weighted by Crippen LogP contribution is 2.21. The maximum Gasteiger partial charge on any atom is 0.246 e. The summed E-state index contributed by atoms with van der Waals surface area (Å²) < 4.78 is 25.9. The van der Waals surface area contributed by atoms with Crippen LogP contribution < -0.4 is 5.73 Å². The number of H-pyrrole nitrogens is 1. The van der Waals surface area contributed by atoms with E-state index in [0.29, 0.717) is 18.8 Å². The molecule has 0 spiro atoms. The van der Waals surface area contributed by atoms with Gasteiger partial charge in [0.2, 0.25) is 10.0 Å². The number of nitrogens with zero attached hydrogens (tertiary/aromatic N) is 2. The molecule has 0 aliphatic carbocycles. The molecular weight excluding hydrogens is 264 g/mol. The van der Waals surface area contributed by atoms with E-state index in [9.17, 15) is 8.42 Å². The average molecular weight is 281 g/mol. The molecular formula is C9H17ClN4O2S. The van der Waals surface area contributed by atoms with Crippen molar-refractivity contribution in [3.63, 3.8) is 0 Å². The van der Waals surface area contributed by atoms with Gasteiger partial charge in [-0.3, -0.25) is 5.10 Å². The van der Waals surface area contributed by atoms with Crippen LogP contribution in [0.3, 0.4) is 0 Å². The Hall–Kier alpha value is -0.630. The number of hydrogen-bond acceptors (Lipinski definition) is 4. The van der Waals surface area contributed by atoms with Crippen molar-refractivity contribution in [2.24, 2.45) is 5.73 Å². The summed E-state index contributed by atoms with van der Waals surface area (Å²) in [5, 5.41) is 6.38. The molecule has 8 heteroatoms. The van der Waals surface area contributed by atoms with Gasteiger partial charge in [0, 0.05) is 19.1 Å². The second-order valence-electron chi connectivity index (χ2n) is 4.12. The lowest BCUT2D eigenvalue weighted by molar-refractivity contribution is 0.316. The summed E-state index contributed by atoms with van der Waals surface area (Å²) in [6, 6.07) is -0.0595. The maximum absolute atomic E-state index is 12.2. The van der Waals surface area contributed by atoms with Gasteiger partial charge in [0.15, 0.2) is 0 Å². The molecule has 98 valence electrons. The molecule has 1 aromatic rings. The van der Waals surface area contributed by atoms with Crippen LogP contribution in [0.1, 0.15) is 18.5 Å². The van der Waals surface area contributed by atoms with Gasteiger partial charge in [-0.1, -0.05) is 0 Å². The fraction of sp³-hybridized carbons (Fsp3) is 0.667. The van der Waals surface area contributed by atoms with Crippen molar-refractivity contribution in [3.8, 4) is 0 Å². The molecule has 1 saturated heterocycles. The van der Waals surface area contributed by atoms with Crippen LogP contribution in [0.15, 0.2) is 11.1 Å². The van der Waals surface area contributed by atoms with Crippen LogP contribution in [-0.2, 0) is 10.0 Å². The Bertz CT molecular complexity index is 473. The zero-order valence-corrected chi connectivity index (χ0v) is 11.2. The van der Waals surface area contributed by atoms with E-state index in [1.807, 2.05) is 0 Å². The van der Waals surface area contributed by atoms with Crippen molar-refractivity contribution >= 4 is 22.4 Å². The first kappa shape index (κ1) is 14.4. The molecule has 1 fully saturated rings. The van der Waals surface area contributed by atoms with Crippen molar-refractivity contribution in [3.05, 3.63) is 11.9 Å². The second-order valence-corrected chi connectivity index (χ2v) is 6.03. The predicted octanol–water partition coefficient (Wildman–Crippen LogP) is 0.252. The molecule has 2 heterocycles. The number of rotatable bonds is 2. The van der Waals surface area contributed by atoms with Crippen molar-refractivity contribution < 1.29 is 8.42 Å². The van der Waals surface area contributed by atoms with Crippen molar-refractivity contribution in [1.29, 1.82) is 0 Å². The molecule has 0 unspecified atom stereocenters. The number of aryl methyl sites for hydroxylation is 1. The molecule has 0 aromatic carbocycles. The van der Waals surface area contributed by atoms with Crippen LogP contribution in [-0.4, -0.2) is 42.1 Å². The topological polar surface area (TPSA) is 92.1 Å². The van der Waals surface area contributed by atoms with Crippen LogP contribution in [0, 0.1) is 6.92 Å². The van der Waals surface area contributed by atoms with Crippen molar-refractivity contribution in [2.75, 3.05) is 13.1 Å². The molecule has 0 saturated carbocycles. The SMILES string of the molecule is Cc1[nH]ncc1S(=O)(=O)N1CCC[C@@H](N)C1.Cl. The quantitative estimate of drug-likeness (QED) is 0.812. The van der Waals surface area contributed by atoms with Crippen LogP contribution in [0.25, 0.3) is 0 Å². The number of halogens is 1. The van der Waals surface area contributed by atoms with Crippen molar-refractivity contribution in [1.82, 2.24) is 14.5 Å². The minimum absolute atomic E-state index is 0. The van der Waals surface area contributed by atoms with Crippen molar-refractivity contribution in [2.45, 2.75) is 30.7 Å². The van der Waals surface area contributed by atoms with Gasteiger partial charge in [-0.15, -0.1) is 12.4 Å². The van der Waals surface area contributed by atoms with Crippen LogP contribution in [0.4, 0.5) is 0 Å². The molecule has 0 radical (unpaired) electrons. The Morgan fingerprint density at radius 1 is 1.59 bits per heavy atom. The largest absolute Gasteiger partial charge is 0.327 e. The molecule has 1 aromatic heterocycles. The first-order valence-electron chi connectivity index (χ1n) is 5.27. The van der Waals surface area contributed by atoms with Crippen LogP contribution in [0.2, 0.25) is 0 Å². The number of sulfonamides is 1. The van der Waals surface area contributed by atoms with Gasteiger partial charge in [-0.25, -0.2) is 8.42 Å². The lowest BCUT2D eigenvalue weighted by Gasteiger charge is -2.29. The lowest BCUT2D eigenvalue weighted by Crippen LogP contribution is -2.45. The first-order chi connectivity index (χ1) is 7.51. The molecule has 2 rings (SSSR count). The van der Waals surface area contributed by atoms with E-state index in [2.05, 4.69) is 10.2 Å². The normalized spacial score (nSPS) is 22.1. The lowest BCUT2D eigenvalue weighted by atomic mass is 10.1. The molecule has 17 heavy (non-hydrogen) atoms. The fourth-order valence-corrected chi connectivity index (χ4v) is 3.58. The predicted molar refractivity (Wildman–Crippen MR) is 66.5 cm³/mol. The Balaban J connectivity index is 0.00000144. The Morgan fingerprint density at radius 2 is 2.29 bits per heavy atom. The summed E-state index contributed by atoms with van der Waals surface area (Å²) >= 11 is 0. The molecule has 6 nitrogen and oxygen atoms in total. The number of piperidine rings is 1. The van der Waals surface area contributed by atoms with E-state index < -0.39 is 10.0 Å². The monoisotopic (exact) mass is 280 g/mol. The van der Waals surface area contributed by atoms with E-state index in [1.165, 1.54) is 10.5 Å². The van der Waals surface area contributed by atoms with Gasteiger partial charge < -0.3 is 5.73 Å². The fourth-order valence-electron chi connectivity index (χ4n) is 1.93. The van der Waals surface area contributed by atoms with Crippen LogP contribution >= 0.6 is 12.4 Å². The average Bonchev–Trinajstić information content (AvgIpc) is 2.65. The summed E-state index contributed by atoms with van der Waals surface area (Å²) in [5.41, 5.74) is 6.35. The molecule has 0 bridgehead atoms. The molecule has 1 aliphatic rings. The number of aromatic amines is 1. The Kier molecular flexibility index (Phi) is 4.54. The Labute approximate surface area is 107 Å². The highest BCUT2D eigenvalue weighted by atomic mass is 35.5. The van der Waals surface area contributed by atoms with Gasteiger partial charge in [0.1, 0.15) is 4.90 Å². The van der Waals surface area contributed by atoms with E-state index >= 15 is 0 Å². The third-order valence-electron chi connectivity index (χ3n) is 2.82. The Morgan fingerprint density at radius 3 is 2.82 bits per heavy atom. The summed E-state index contributed by atoms with van der Waals surface area (Å²) in [5.74, 6) is 0. The zero-order chi connectivity index (χ0) is 11.8. The number of nitrogens with one attached hydrogen (secondary N) is 1. The molecule has 3 N–H and O–H groups in total. The molecule has 1 atom stereocenters. The number of aromatic nitrogens is 2. The van der Waals surface area contributed by atoms with E-state index in [1.54, 1.807) is 6.92 Å².